The predicted molar refractivity (Wildman–Crippen MR) is 96.5 cm³/mol. The van der Waals surface area contributed by atoms with Gasteiger partial charge in [-0.1, -0.05) is 18.1 Å². The lowest BCUT2D eigenvalue weighted by Gasteiger charge is -2.33. The molecule has 5 heteroatoms. The fraction of sp³-hybridized carbons (Fsp3) is 0.550. The Bertz CT molecular complexity index is 615. The van der Waals surface area contributed by atoms with Gasteiger partial charge in [0.05, 0.1) is 0 Å². The maximum Gasteiger partial charge on any atom is 0.317 e. The third kappa shape index (κ3) is 4.67. The van der Waals surface area contributed by atoms with Gasteiger partial charge in [0.2, 0.25) is 0 Å². The van der Waals surface area contributed by atoms with E-state index in [9.17, 15) is 4.79 Å². The maximum atomic E-state index is 12.4. The lowest BCUT2D eigenvalue weighted by Crippen LogP contribution is -2.41. The van der Waals surface area contributed by atoms with E-state index in [1.807, 2.05) is 29.2 Å². The van der Waals surface area contributed by atoms with Gasteiger partial charge in [-0.05, 0) is 48.8 Å². The number of carbonyl (C=O) groups excluding carboxylic acids is 1. The number of urea groups is 1. The number of nitrogens with zero attached hydrogens (tertiary/aromatic N) is 1. The Balaban J connectivity index is 1.40. The van der Waals surface area contributed by atoms with Gasteiger partial charge >= 0.3 is 6.03 Å². The lowest BCUT2D eigenvalue weighted by atomic mass is 9.80. The van der Waals surface area contributed by atoms with E-state index in [-0.39, 0.29) is 12.6 Å². The van der Waals surface area contributed by atoms with Crippen LogP contribution in [0.3, 0.4) is 0 Å². The third-order valence-corrected chi connectivity index (χ3v) is 5.21. The summed E-state index contributed by atoms with van der Waals surface area (Å²) in [6, 6.07) is 7.88. The van der Waals surface area contributed by atoms with E-state index in [4.69, 9.17) is 15.9 Å². The van der Waals surface area contributed by atoms with Gasteiger partial charge in [-0.3, -0.25) is 0 Å². The van der Waals surface area contributed by atoms with Crippen LogP contribution in [0.5, 0.6) is 5.75 Å². The SMILES string of the molecule is C#CCOc1ccc(CCNC(=O)N2CCC3(CCOCC3)C2)cc1. The molecule has 2 aliphatic rings. The minimum absolute atomic E-state index is 0.0531. The highest BCUT2D eigenvalue weighted by molar-refractivity contribution is 5.74. The molecule has 2 heterocycles. The van der Waals surface area contributed by atoms with Crippen LogP contribution in [-0.2, 0) is 11.2 Å². The Morgan fingerprint density at radius 2 is 2.04 bits per heavy atom. The Morgan fingerprint density at radius 1 is 1.28 bits per heavy atom. The molecule has 2 saturated heterocycles. The van der Waals surface area contributed by atoms with Gasteiger partial charge < -0.3 is 19.7 Å². The molecule has 1 spiro atoms. The molecular formula is C20H26N2O3. The topological polar surface area (TPSA) is 50.8 Å². The Labute approximate surface area is 149 Å². The number of benzene rings is 1. The van der Waals surface area contributed by atoms with Crippen LogP contribution in [0.25, 0.3) is 0 Å². The molecule has 1 aromatic rings. The number of amides is 2. The first-order valence-corrected chi connectivity index (χ1v) is 8.97. The van der Waals surface area contributed by atoms with E-state index in [2.05, 4.69) is 11.2 Å². The zero-order valence-electron chi connectivity index (χ0n) is 14.6. The van der Waals surface area contributed by atoms with Crippen LogP contribution in [0.4, 0.5) is 4.79 Å². The van der Waals surface area contributed by atoms with E-state index in [1.165, 1.54) is 0 Å². The third-order valence-electron chi connectivity index (χ3n) is 5.21. The van der Waals surface area contributed by atoms with Crippen molar-refractivity contribution < 1.29 is 14.3 Å². The van der Waals surface area contributed by atoms with Gasteiger partial charge in [-0.25, -0.2) is 4.79 Å². The van der Waals surface area contributed by atoms with Crippen molar-refractivity contribution >= 4 is 6.03 Å². The summed E-state index contributed by atoms with van der Waals surface area (Å²) in [4.78, 5) is 14.3. The van der Waals surface area contributed by atoms with Gasteiger partial charge in [0, 0.05) is 32.8 Å². The standard InChI is InChI=1S/C20H26N2O3/c1-2-13-25-18-5-3-17(4-6-18)7-11-21-19(23)22-12-8-20(16-22)9-14-24-15-10-20/h1,3-6H,7-16H2,(H,21,23). The number of ether oxygens (including phenoxy) is 2. The number of likely N-dealkylation sites (tertiary alicyclic amines) is 1. The molecule has 134 valence electrons. The molecule has 25 heavy (non-hydrogen) atoms. The summed E-state index contributed by atoms with van der Waals surface area (Å²) in [5.74, 6) is 3.21. The summed E-state index contributed by atoms with van der Waals surface area (Å²) in [6.45, 7) is 4.29. The first kappa shape index (κ1) is 17.6. The van der Waals surface area contributed by atoms with E-state index in [0.29, 0.717) is 12.0 Å². The normalized spacial score (nSPS) is 18.8. The lowest BCUT2D eigenvalue weighted by molar-refractivity contribution is 0.0209. The number of rotatable bonds is 5. The van der Waals surface area contributed by atoms with Crippen LogP contribution in [0.2, 0.25) is 0 Å². The van der Waals surface area contributed by atoms with E-state index in [1.54, 1.807) is 0 Å². The molecule has 1 N–H and O–H groups in total. The first-order valence-electron chi connectivity index (χ1n) is 8.97. The summed E-state index contributed by atoms with van der Waals surface area (Å²) in [5, 5.41) is 3.04. The van der Waals surface area contributed by atoms with Crippen molar-refractivity contribution in [1.82, 2.24) is 10.2 Å². The number of hydrogen-bond acceptors (Lipinski definition) is 3. The maximum absolute atomic E-state index is 12.4. The average Bonchev–Trinajstić information content (AvgIpc) is 3.05. The van der Waals surface area contributed by atoms with Crippen LogP contribution in [-0.4, -0.2) is 50.4 Å². The largest absolute Gasteiger partial charge is 0.481 e. The second-order valence-corrected chi connectivity index (χ2v) is 6.90. The Kier molecular flexibility index (Phi) is 5.83. The first-order chi connectivity index (χ1) is 12.2. The number of terminal acetylenes is 1. The molecule has 0 radical (unpaired) electrons. The van der Waals surface area contributed by atoms with E-state index in [0.717, 1.165) is 63.3 Å². The Hall–Kier alpha value is -2.19. The van der Waals surface area contributed by atoms with Crippen molar-refractivity contribution in [3.63, 3.8) is 0 Å². The average molecular weight is 342 g/mol. The summed E-state index contributed by atoms with van der Waals surface area (Å²) < 4.78 is 10.8. The van der Waals surface area contributed by atoms with E-state index >= 15 is 0 Å². The van der Waals surface area contributed by atoms with Gasteiger partial charge in [-0.15, -0.1) is 6.42 Å². The summed E-state index contributed by atoms with van der Waals surface area (Å²) in [6.07, 6.45) is 9.22. The van der Waals surface area contributed by atoms with Crippen molar-refractivity contribution in [1.29, 1.82) is 0 Å². The van der Waals surface area contributed by atoms with Crippen LogP contribution in [0, 0.1) is 17.8 Å². The molecule has 0 atom stereocenters. The second kappa shape index (κ2) is 8.26. The second-order valence-electron chi connectivity index (χ2n) is 6.90. The molecule has 0 saturated carbocycles. The summed E-state index contributed by atoms with van der Waals surface area (Å²) in [5.41, 5.74) is 1.46. The van der Waals surface area contributed by atoms with Crippen LogP contribution < -0.4 is 10.1 Å². The smallest absolute Gasteiger partial charge is 0.317 e. The summed E-state index contributed by atoms with van der Waals surface area (Å²) >= 11 is 0. The van der Waals surface area contributed by atoms with Crippen molar-refractivity contribution in [3.8, 4) is 18.1 Å². The minimum atomic E-state index is 0.0531. The molecule has 2 amide bonds. The minimum Gasteiger partial charge on any atom is -0.481 e. The number of hydrogen-bond donors (Lipinski definition) is 1. The van der Waals surface area contributed by atoms with Crippen molar-refractivity contribution in [2.45, 2.75) is 25.7 Å². The molecule has 1 aromatic carbocycles. The molecule has 5 nitrogen and oxygen atoms in total. The molecule has 0 aliphatic carbocycles. The van der Waals surface area contributed by atoms with Crippen molar-refractivity contribution in [3.05, 3.63) is 29.8 Å². The fourth-order valence-electron chi connectivity index (χ4n) is 3.62. The van der Waals surface area contributed by atoms with Gasteiger partial charge in [0.25, 0.3) is 0 Å². The molecular weight excluding hydrogens is 316 g/mol. The fourth-order valence-corrected chi connectivity index (χ4v) is 3.62. The Morgan fingerprint density at radius 3 is 2.76 bits per heavy atom. The highest BCUT2D eigenvalue weighted by atomic mass is 16.5. The van der Waals surface area contributed by atoms with Crippen LogP contribution in [0.1, 0.15) is 24.8 Å². The molecule has 3 rings (SSSR count). The van der Waals surface area contributed by atoms with Gasteiger partial charge in [0.1, 0.15) is 12.4 Å². The van der Waals surface area contributed by atoms with Crippen LogP contribution >= 0.6 is 0 Å². The summed E-state index contributed by atoms with van der Waals surface area (Å²) in [7, 11) is 0. The number of carbonyl (C=O) groups is 1. The van der Waals surface area contributed by atoms with Crippen LogP contribution in [0.15, 0.2) is 24.3 Å². The van der Waals surface area contributed by atoms with E-state index < -0.39 is 0 Å². The highest BCUT2D eigenvalue weighted by Gasteiger charge is 2.40. The molecule has 0 bridgehead atoms. The zero-order valence-corrected chi connectivity index (χ0v) is 14.6. The van der Waals surface area contributed by atoms with Crippen molar-refractivity contribution in [2.24, 2.45) is 5.41 Å². The molecule has 0 unspecified atom stereocenters. The van der Waals surface area contributed by atoms with Crippen molar-refractivity contribution in [2.75, 3.05) is 39.5 Å². The quantitative estimate of drug-likeness (QED) is 0.836. The molecule has 2 fully saturated rings. The highest BCUT2D eigenvalue weighted by Crippen LogP contribution is 2.39. The number of nitrogens with one attached hydrogen (secondary N) is 1. The zero-order chi connectivity index (χ0) is 17.5. The predicted octanol–water partition coefficient (Wildman–Crippen LogP) is 2.45. The van der Waals surface area contributed by atoms with Gasteiger partial charge in [-0.2, -0.15) is 0 Å². The molecule has 0 aromatic heterocycles. The van der Waals surface area contributed by atoms with Gasteiger partial charge in [0.15, 0.2) is 0 Å². The molecule has 2 aliphatic heterocycles. The monoisotopic (exact) mass is 342 g/mol.